The van der Waals surface area contributed by atoms with Crippen molar-refractivity contribution in [2.75, 3.05) is 6.54 Å². The third-order valence-electron chi connectivity index (χ3n) is 2.46. The molecule has 0 spiro atoms. The van der Waals surface area contributed by atoms with Crippen molar-refractivity contribution in [2.45, 2.75) is 18.9 Å². The molecule has 0 saturated heterocycles. The van der Waals surface area contributed by atoms with Crippen LogP contribution in [0.4, 0.5) is 0 Å². The number of rotatable bonds is 4. The Morgan fingerprint density at radius 2 is 2.11 bits per heavy atom. The first-order chi connectivity index (χ1) is 8.54. The van der Waals surface area contributed by atoms with E-state index in [1.54, 1.807) is 6.92 Å². The summed E-state index contributed by atoms with van der Waals surface area (Å²) in [5, 5.41) is 4.22. The van der Waals surface area contributed by atoms with Crippen LogP contribution >= 0.6 is 0 Å². The van der Waals surface area contributed by atoms with Gasteiger partial charge in [0.05, 0.1) is 11.9 Å². The summed E-state index contributed by atoms with van der Waals surface area (Å²) in [6.45, 7) is 4.04. The lowest BCUT2D eigenvalue weighted by atomic mass is 10.2. The van der Waals surface area contributed by atoms with Crippen LogP contribution in [0.1, 0.15) is 12.5 Å². The third-order valence-corrected chi connectivity index (χ3v) is 3.99. The Balaban J connectivity index is 2.52. The SMILES string of the molecule is CCNS(=O)(=O)c1ccnn1-c1cccc(C)c1. The molecule has 0 fully saturated rings. The molecule has 0 saturated carbocycles. The Morgan fingerprint density at radius 3 is 2.78 bits per heavy atom. The maximum atomic E-state index is 12.0. The maximum Gasteiger partial charge on any atom is 0.258 e. The largest absolute Gasteiger partial charge is 0.258 e. The van der Waals surface area contributed by atoms with Gasteiger partial charge in [-0.1, -0.05) is 19.1 Å². The van der Waals surface area contributed by atoms with Crippen molar-refractivity contribution in [1.82, 2.24) is 14.5 Å². The minimum absolute atomic E-state index is 0.148. The Kier molecular flexibility index (Phi) is 3.49. The number of benzene rings is 1. The van der Waals surface area contributed by atoms with Crippen molar-refractivity contribution >= 4 is 10.0 Å². The standard InChI is InChI=1S/C12H15N3O2S/c1-3-14-18(16,17)12-7-8-13-15(12)11-6-4-5-10(2)9-11/h4-9,14H,3H2,1-2H3. The maximum absolute atomic E-state index is 12.0. The van der Waals surface area contributed by atoms with Gasteiger partial charge in [-0.05, 0) is 30.7 Å². The van der Waals surface area contributed by atoms with E-state index in [4.69, 9.17) is 0 Å². The second-order valence-electron chi connectivity index (χ2n) is 3.92. The normalized spacial score (nSPS) is 11.7. The van der Waals surface area contributed by atoms with Crippen LogP contribution in [-0.2, 0) is 10.0 Å². The Hall–Kier alpha value is -1.66. The zero-order chi connectivity index (χ0) is 13.2. The van der Waals surface area contributed by atoms with Crippen molar-refractivity contribution in [1.29, 1.82) is 0 Å². The Morgan fingerprint density at radius 1 is 1.33 bits per heavy atom. The lowest BCUT2D eigenvalue weighted by Crippen LogP contribution is -2.25. The van der Waals surface area contributed by atoms with Crippen LogP contribution in [0.15, 0.2) is 41.6 Å². The molecule has 2 aromatic rings. The van der Waals surface area contributed by atoms with E-state index in [1.807, 2.05) is 31.2 Å². The monoisotopic (exact) mass is 265 g/mol. The lowest BCUT2D eigenvalue weighted by Gasteiger charge is -2.09. The summed E-state index contributed by atoms with van der Waals surface area (Å²) in [5.41, 5.74) is 1.78. The smallest absolute Gasteiger partial charge is 0.221 e. The van der Waals surface area contributed by atoms with Gasteiger partial charge in [0.25, 0.3) is 10.0 Å². The third kappa shape index (κ3) is 2.44. The van der Waals surface area contributed by atoms with Crippen molar-refractivity contribution in [3.05, 3.63) is 42.1 Å². The molecule has 1 N–H and O–H groups in total. The Bertz CT molecular complexity index is 647. The van der Waals surface area contributed by atoms with Crippen molar-refractivity contribution in [3.63, 3.8) is 0 Å². The van der Waals surface area contributed by atoms with E-state index in [9.17, 15) is 8.42 Å². The zero-order valence-corrected chi connectivity index (χ0v) is 11.1. The summed E-state index contributed by atoms with van der Waals surface area (Å²) in [6.07, 6.45) is 1.48. The van der Waals surface area contributed by atoms with Crippen LogP contribution in [0.5, 0.6) is 0 Å². The van der Waals surface area contributed by atoms with Gasteiger partial charge in [-0.2, -0.15) is 5.10 Å². The van der Waals surface area contributed by atoms with Crippen LogP contribution in [0.3, 0.4) is 0 Å². The van der Waals surface area contributed by atoms with Crippen LogP contribution in [-0.4, -0.2) is 24.7 Å². The summed E-state index contributed by atoms with van der Waals surface area (Å²) < 4.78 is 27.9. The fourth-order valence-corrected chi connectivity index (χ4v) is 2.86. The van der Waals surface area contributed by atoms with Gasteiger partial charge in [0.1, 0.15) is 0 Å². The highest BCUT2D eigenvalue weighted by Crippen LogP contribution is 2.15. The molecule has 18 heavy (non-hydrogen) atoms. The number of aromatic nitrogens is 2. The minimum Gasteiger partial charge on any atom is -0.221 e. The molecule has 5 nitrogen and oxygen atoms in total. The predicted octanol–water partition coefficient (Wildman–Crippen LogP) is 1.48. The van der Waals surface area contributed by atoms with E-state index in [1.165, 1.54) is 16.9 Å². The van der Waals surface area contributed by atoms with Gasteiger partial charge in [-0.25, -0.2) is 17.8 Å². The topological polar surface area (TPSA) is 64.0 Å². The zero-order valence-electron chi connectivity index (χ0n) is 10.3. The van der Waals surface area contributed by atoms with E-state index in [0.29, 0.717) is 6.54 Å². The number of nitrogens with zero attached hydrogens (tertiary/aromatic N) is 2. The van der Waals surface area contributed by atoms with Crippen LogP contribution in [0.2, 0.25) is 0 Å². The molecule has 1 heterocycles. The molecule has 0 amide bonds. The summed E-state index contributed by atoms with van der Waals surface area (Å²) in [4.78, 5) is 0. The predicted molar refractivity (Wildman–Crippen MR) is 69.2 cm³/mol. The van der Waals surface area contributed by atoms with Gasteiger partial charge in [0, 0.05) is 6.54 Å². The van der Waals surface area contributed by atoms with Gasteiger partial charge in [0.15, 0.2) is 5.03 Å². The molecular formula is C12H15N3O2S. The molecule has 1 aromatic carbocycles. The van der Waals surface area contributed by atoms with Gasteiger partial charge in [-0.3, -0.25) is 0 Å². The molecular weight excluding hydrogens is 250 g/mol. The van der Waals surface area contributed by atoms with E-state index >= 15 is 0 Å². The van der Waals surface area contributed by atoms with Gasteiger partial charge in [0.2, 0.25) is 0 Å². The molecule has 6 heteroatoms. The molecule has 2 rings (SSSR count). The van der Waals surface area contributed by atoms with E-state index in [-0.39, 0.29) is 5.03 Å². The van der Waals surface area contributed by atoms with Crippen molar-refractivity contribution < 1.29 is 8.42 Å². The van der Waals surface area contributed by atoms with E-state index < -0.39 is 10.0 Å². The summed E-state index contributed by atoms with van der Waals surface area (Å²) in [5.74, 6) is 0. The number of nitrogens with one attached hydrogen (secondary N) is 1. The van der Waals surface area contributed by atoms with Crippen LogP contribution < -0.4 is 4.72 Å². The molecule has 0 unspecified atom stereocenters. The number of hydrogen-bond acceptors (Lipinski definition) is 3. The molecule has 1 aromatic heterocycles. The number of aryl methyl sites for hydroxylation is 1. The molecule has 0 radical (unpaired) electrons. The first-order valence-corrected chi connectivity index (χ1v) is 7.13. The quantitative estimate of drug-likeness (QED) is 0.910. The minimum atomic E-state index is -3.51. The highest BCUT2D eigenvalue weighted by molar-refractivity contribution is 7.89. The molecule has 0 aliphatic rings. The average molecular weight is 265 g/mol. The average Bonchev–Trinajstić information content (AvgIpc) is 2.78. The first kappa shape index (κ1) is 12.8. The molecule has 0 atom stereocenters. The highest BCUT2D eigenvalue weighted by atomic mass is 32.2. The molecule has 96 valence electrons. The van der Waals surface area contributed by atoms with Crippen molar-refractivity contribution in [2.24, 2.45) is 0 Å². The summed E-state index contributed by atoms with van der Waals surface area (Å²) >= 11 is 0. The van der Waals surface area contributed by atoms with Gasteiger partial charge in [-0.15, -0.1) is 0 Å². The molecule has 0 bridgehead atoms. The van der Waals surface area contributed by atoms with Crippen molar-refractivity contribution in [3.8, 4) is 5.69 Å². The van der Waals surface area contributed by atoms with Crippen LogP contribution in [0, 0.1) is 6.92 Å². The first-order valence-electron chi connectivity index (χ1n) is 5.65. The fourth-order valence-electron chi connectivity index (χ4n) is 1.71. The molecule has 0 aliphatic heterocycles. The van der Waals surface area contributed by atoms with Gasteiger partial charge >= 0.3 is 0 Å². The lowest BCUT2D eigenvalue weighted by molar-refractivity contribution is 0.573. The second-order valence-corrected chi connectivity index (χ2v) is 5.64. The molecule has 0 aliphatic carbocycles. The summed E-state index contributed by atoms with van der Waals surface area (Å²) in [7, 11) is -3.51. The fraction of sp³-hybridized carbons (Fsp3) is 0.250. The van der Waals surface area contributed by atoms with Crippen LogP contribution in [0.25, 0.3) is 5.69 Å². The number of sulfonamides is 1. The number of hydrogen-bond donors (Lipinski definition) is 1. The Labute approximate surface area is 107 Å². The highest BCUT2D eigenvalue weighted by Gasteiger charge is 2.19. The van der Waals surface area contributed by atoms with E-state index in [2.05, 4.69) is 9.82 Å². The second kappa shape index (κ2) is 4.91. The van der Waals surface area contributed by atoms with E-state index in [0.717, 1.165) is 11.3 Å². The summed E-state index contributed by atoms with van der Waals surface area (Å²) in [6, 6.07) is 9.02. The van der Waals surface area contributed by atoms with Gasteiger partial charge < -0.3 is 0 Å².